The highest BCUT2D eigenvalue weighted by Gasteiger charge is 2.44. The fourth-order valence-electron chi connectivity index (χ4n) is 3.96. The first kappa shape index (κ1) is 25.4. The van der Waals surface area contributed by atoms with E-state index < -0.39 is 31.1 Å². The lowest BCUT2D eigenvalue weighted by atomic mass is 10.1. The molecule has 1 saturated heterocycles. The van der Waals surface area contributed by atoms with Crippen molar-refractivity contribution in [1.29, 1.82) is 0 Å². The summed E-state index contributed by atoms with van der Waals surface area (Å²) in [4.78, 5) is 17.6. The number of halogens is 1. The van der Waals surface area contributed by atoms with E-state index in [0.717, 1.165) is 20.3 Å². The summed E-state index contributed by atoms with van der Waals surface area (Å²) in [5.41, 5.74) is 1.71. The summed E-state index contributed by atoms with van der Waals surface area (Å²) in [7, 11) is 0. The summed E-state index contributed by atoms with van der Waals surface area (Å²) in [5, 5.41) is 33.2. The van der Waals surface area contributed by atoms with Crippen molar-refractivity contribution in [1.82, 2.24) is 24.5 Å². The van der Waals surface area contributed by atoms with Gasteiger partial charge in [0.1, 0.15) is 24.1 Å². The molecule has 0 aliphatic carbocycles. The number of rotatable bonds is 9. The van der Waals surface area contributed by atoms with Gasteiger partial charge >= 0.3 is 0 Å². The van der Waals surface area contributed by atoms with Crippen LogP contribution < -0.4 is 10.1 Å². The van der Waals surface area contributed by atoms with Crippen molar-refractivity contribution in [3.63, 3.8) is 0 Å². The maximum atomic E-state index is 10.4. The monoisotopic (exact) mass is 552 g/mol. The molecule has 0 saturated carbocycles. The third-order valence-electron chi connectivity index (χ3n) is 5.68. The number of thiazole rings is 1. The molecule has 0 radical (unpaired) electrons. The minimum atomic E-state index is -1.27. The number of imidazole rings is 1. The lowest BCUT2D eigenvalue weighted by molar-refractivity contribution is -0.0511. The number of ether oxygens (including phenoxy) is 2. The molecular formula is C22H25ClN6O5S2. The summed E-state index contributed by atoms with van der Waals surface area (Å²) in [6, 6.07) is 5.87. The van der Waals surface area contributed by atoms with E-state index in [1.807, 2.05) is 32.0 Å². The van der Waals surface area contributed by atoms with Crippen LogP contribution >= 0.6 is 34.7 Å². The van der Waals surface area contributed by atoms with E-state index in [-0.39, 0.29) is 11.3 Å². The Morgan fingerprint density at radius 3 is 2.86 bits per heavy atom. The molecule has 1 fully saturated rings. The van der Waals surface area contributed by atoms with E-state index >= 15 is 0 Å². The highest BCUT2D eigenvalue weighted by atomic mass is 35.5. The Labute approximate surface area is 219 Å². The number of fused-ring (bicyclic) bond motifs is 2. The normalized spacial score (nSPS) is 22.9. The molecule has 36 heavy (non-hydrogen) atoms. The Morgan fingerprint density at radius 1 is 1.28 bits per heavy atom. The smallest absolute Gasteiger partial charge is 0.226 e. The van der Waals surface area contributed by atoms with Gasteiger partial charge in [0, 0.05) is 11.8 Å². The van der Waals surface area contributed by atoms with Crippen molar-refractivity contribution < 1.29 is 24.8 Å². The second-order valence-corrected chi connectivity index (χ2v) is 10.9. The summed E-state index contributed by atoms with van der Waals surface area (Å²) >= 11 is 9.44. The van der Waals surface area contributed by atoms with Crippen LogP contribution in [0.2, 0.25) is 5.28 Å². The SMILES string of the molecule is CCOc1ccc2nc(SC[C@@H](C)Nc3nc(Cl)nc4c3ncn4[C@@H]3O[C@H](CO)C(O)C3O)sc2c1. The summed E-state index contributed by atoms with van der Waals surface area (Å²) in [6.07, 6.45) is -2.95. The van der Waals surface area contributed by atoms with Crippen molar-refractivity contribution in [2.75, 3.05) is 24.3 Å². The van der Waals surface area contributed by atoms with Gasteiger partial charge in [0.05, 0.1) is 29.8 Å². The Bertz CT molecular complexity index is 1370. The summed E-state index contributed by atoms with van der Waals surface area (Å²) < 4.78 is 14.7. The maximum absolute atomic E-state index is 10.4. The largest absolute Gasteiger partial charge is 0.494 e. The van der Waals surface area contributed by atoms with E-state index in [2.05, 4.69) is 20.3 Å². The number of hydrogen-bond donors (Lipinski definition) is 4. The van der Waals surface area contributed by atoms with Crippen molar-refractivity contribution in [3.8, 4) is 5.75 Å². The number of hydrogen-bond acceptors (Lipinski definition) is 12. The predicted molar refractivity (Wildman–Crippen MR) is 138 cm³/mol. The van der Waals surface area contributed by atoms with Gasteiger partial charge in [0.25, 0.3) is 0 Å². The average Bonchev–Trinajstić information content (AvgIpc) is 3.53. The molecule has 1 aliphatic rings. The van der Waals surface area contributed by atoms with Gasteiger partial charge in [-0.25, -0.2) is 9.97 Å². The van der Waals surface area contributed by atoms with Crippen LogP contribution in [0.25, 0.3) is 21.4 Å². The zero-order valence-corrected chi connectivity index (χ0v) is 21.8. The number of benzene rings is 1. The third kappa shape index (κ3) is 4.96. The molecule has 1 aliphatic heterocycles. The van der Waals surface area contributed by atoms with Gasteiger partial charge in [-0.1, -0.05) is 11.8 Å². The maximum Gasteiger partial charge on any atom is 0.226 e. The van der Waals surface area contributed by atoms with Gasteiger partial charge in [-0.05, 0) is 43.6 Å². The van der Waals surface area contributed by atoms with Crippen LogP contribution in [-0.4, -0.2) is 83.1 Å². The van der Waals surface area contributed by atoms with E-state index in [1.54, 1.807) is 23.1 Å². The lowest BCUT2D eigenvalue weighted by Crippen LogP contribution is -2.33. The van der Waals surface area contributed by atoms with Gasteiger partial charge in [-0.2, -0.15) is 9.97 Å². The molecule has 14 heteroatoms. The third-order valence-corrected chi connectivity index (χ3v) is 8.27. The Morgan fingerprint density at radius 2 is 2.11 bits per heavy atom. The quantitative estimate of drug-likeness (QED) is 0.179. The number of thioether (sulfide) groups is 1. The molecule has 11 nitrogen and oxygen atoms in total. The molecule has 5 atom stereocenters. The van der Waals surface area contributed by atoms with Crippen molar-refractivity contribution in [2.24, 2.45) is 0 Å². The Kier molecular flexibility index (Phi) is 7.49. The highest BCUT2D eigenvalue weighted by Crippen LogP contribution is 2.34. The fourth-order valence-corrected chi connectivity index (χ4v) is 6.20. The van der Waals surface area contributed by atoms with Crippen molar-refractivity contribution in [3.05, 3.63) is 29.8 Å². The Balaban J connectivity index is 1.30. The van der Waals surface area contributed by atoms with Crippen LogP contribution in [0.5, 0.6) is 5.75 Å². The standard InChI is InChI=1S/C22H25ClN6O5S2/c1-3-33-11-4-5-12-14(6-11)36-22(26-12)35-8-10(2)25-18-15-19(28-21(23)27-18)29(9-24-15)20-17(32)16(31)13(7-30)34-20/h4-6,9-10,13,16-17,20,30-32H,3,7-8H2,1-2H3,(H,25,27,28)/t10-,13-,16?,17?,20-/m1/s1. The Hall–Kier alpha value is -2.26. The zero-order valence-electron chi connectivity index (χ0n) is 19.4. The van der Waals surface area contributed by atoms with E-state index in [1.165, 1.54) is 10.9 Å². The highest BCUT2D eigenvalue weighted by molar-refractivity contribution is 8.01. The van der Waals surface area contributed by atoms with Gasteiger partial charge in [-0.3, -0.25) is 4.57 Å². The van der Waals surface area contributed by atoms with Crippen LogP contribution in [0.3, 0.4) is 0 Å². The van der Waals surface area contributed by atoms with Gasteiger partial charge in [0.2, 0.25) is 5.28 Å². The number of aliphatic hydroxyl groups is 3. The molecule has 1 aromatic carbocycles. The molecule has 0 bridgehead atoms. The number of aromatic nitrogens is 5. The second-order valence-electron chi connectivity index (χ2n) is 8.29. The zero-order chi connectivity index (χ0) is 25.4. The topological polar surface area (TPSA) is 148 Å². The number of anilines is 1. The minimum Gasteiger partial charge on any atom is -0.494 e. The van der Waals surface area contributed by atoms with Crippen LogP contribution in [0.4, 0.5) is 5.82 Å². The molecule has 5 rings (SSSR count). The summed E-state index contributed by atoms with van der Waals surface area (Å²) in [5.74, 6) is 1.98. The molecule has 4 N–H and O–H groups in total. The minimum absolute atomic E-state index is 0.00498. The predicted octanol–water partition coefficient (Wildman–Crippen LogP) is 2.69. The van der Waals surface area contributed by atoms with Crippen LogP contribution in [0.1, 0.15) is 20.1 Å². The molecule has 2 unspecified atom stereocenters. The van der Waals surface area contributed by atoms with Gasteiger partial charge in [0.15, 0.2) is 27.5 Å². The first-order chi connectivity index (χ1) is 17.4. The molecule has 3 aromatic heterocycles. The average molecular weight is 553 g/mol. The van der Waals surface area contributed by atoms with Gasteiger partial charge < -0.3 is 30.1 Å². The second kappa shape index (κ2) is 10.6. The number of aliphatic hydroxyl groups excluding tert-OH is 3. The van der Waals surface area contributed by atoms with Crippen molar-refractivity contribution >= 4 is 61.9 Å². The first-order valence-corrected chi connectivity index (χ1v) is 13.5. The molecule has 4 heterocycles. The van der Waals surface area contributed by atoms with E-state index in [4.69, 9.17) is 26.1 Å². The van der Waals surface area contributed by atoms with Gasteiger partial charge in [-0.15, -0.1) is 11.3 Å². The van der Waals surface area contributed by atoms with Crippen LogP contribution in [0, 0.1) is 0 Å². The molecule has 4 aromatic rings. The van der Waals surface area contributed by atoms with E-state index in [9.17, 15) is 15.3 Å². The van der Waals surface area contributed by atoms with Crippen molar-refractivity contribution in [2.45, 2.75) is 48.8 Å². The molecular weight excluding hydrogens is 528 g/mol. The number of nitrogens with zero attached hydrogens (tertiary/aromatic N) is 5. The fraction of sp³-hybridized carbons (Fsp3) is 0.455. The summed E-state index contributed by atoms with van der Waals surface area (Å²) in [6.45, 7) is 4.16. The lowest BCUT2D eigenvalue weighted by Gasteiger charge is -2.17. The first-order valence-electron chi connectivity index (χ1n) is 11.3. The van der Waals surface area contributed by atoms with E-state index in [0.29, 0.717) is 29.3 Å². The molecule has 0 spiro atoms. The molecule has 0 amide bonds. The van der Waals surface area contributed by atoms with Crippen LogP contribution in [0.15, 0.2) is 28.9 Å². The molecule has 192 valence electrons. The van der Waals surface area contributed by atoms with Crippen LogP contribution in [-0.2, 0) is 4.74 Å². The number of nitrogens with one attached hydrogen (secondary N) is 1.